The van der Waals surface area contributed by atoms with Crippen molar-refractivity contribution in [2.24, 2.45) is 0 Å². The van der Waals surface area contributed by atoms with Gasteiger partial charge in [0.1, 0.15) is 0 Å². The predicted octanol–water partition coefficient (Wildman–Crippen LogP) is 1.67. The SMILES string of the molecule is CN1CCN(CCCc2[c]cccc2)CC1. The molecule has 0 aliphatic carbocycles. The van der Waals surface area contributed by atoms with E-state index in [9.17, 15) is 0 Å². The monoisotopic (exact) mass is 217 g/mol. The summed E-state index contributed by atoms with van der Waals surface area (Å²) in [5.74, 6) is 0. The first-order valence-electron chi connectivity index (χ1n) is 6.21. The zero-order valence-electron chi connectivity index (χ0n) is 10.2. The highest BCUT2D eigenvalue weighted by molar-refractivity contribution is 5.12. The molecule has 87 valence electrons. The Bertz CT molecular complexity index is 289. The fraction of sp³-hybridized carbons (Fsp3) is 0.571. The number of likely N-dealkylation sites (N-methyl/N-ethyl adjacent to an activating group) is 1. The Balaban J connectivity index is 1.65. The van der Waals surface area contributed by atoms with Crippen LogP contribution in [0.2, 0.25) is 0 Å². The molecule has 0 saturated carbocycles. The first-order chi connectivity index (χ1) is 7.84. The van der Waals surface area contributed by atoms with Gasteiger partial charge in [-0.1, -0.05) is 24.3 Å². The highest BCUT2D eigenvalue weighted by atomic mass is 15.2. The Labute approximate surface area is 98.9 Å². The third-order valence-corrected chi connectivity index (χ3v) is 3.29. The average molecular weight is 217 g/mol. The van der Waals surface area contributed by atoms with E-state index in [0.29, 0.717) is 0 Å². The summed E-state index contributed by atoms with van der Waals surface area (Å²) in [4.78, 5) is 4.98. The quantitative estimate of drug-likeness (QED) is 0.757. The highest BCUT2D eigenvalue weighted by Crippen LogP contribution is 2.05. The maximum Gasteiger partial charge on any atom is 0.0110 e. The maximum absolute atomic E-state index is 3.29. The lowest BCUT2D eigenvalue weighted by Gasteiger charge is -2.32. The molecule has 1 radical (unpaired) electrons. The second-order valence-electron chi connectivity index (χ2n) is 4.64. The van der Waals surface area contributed by atoms with Gasteiger partial charge in [-0.3, -0.25) is 0 Å². The van der Waals surface area contributed by atoms with Gasteiger partial charge in [0.15, 0.2) is 0 Å². The lowest BCUT2D eigenvalue weighted by Crippen LogP contribution is -2.44. The number of aryl methyl sites for hydroxylation is 1. The Morgan fingerprint density at radius 3 is 2.69 bits per heavy atom. The van der Waals surface area contributed by atoms with Crippen LogP contribution >= 0.6 is 0 Å². The molecule has 1 aromatic rings. The summed E-state index contributed by atoms with van der Waals surface area (Å²) in [6.07, 6.45) is 2.41. The summed E-state index contributed by atoms with van der Waals surface area (Å²) in [6.45, 7) is 6.13. The minimum Gasteiger partial charge on any atom is -0.304 e. The molecule has 0 bridgehead atoms. The number of hydrogen-bond acceptors (Lipinski definition) is 2. The van der Waals surface area contributed by atoms with Crippen molar-refractivity contribution in [1.82, 2.24) is 9.80 Å². The van der Waals surface area contributed by atoms with E-state index >= 15 is 0 Å². The molecule has 0 atom stereocenters. The van der Waals surface area contributed by atoms with Crippen LogP contribution in [0.25, 0.3) is 0 Å². The molecule has 0 unspecified atom stereocenters. The molecule has 1 aliphatic heterocycles. The molecule has 0 spiro atoms. The van der Waals surface area contributed by atoms with Crippen molar-refractivity contribution in [1.29, 1.82) is 0 Å². The molecule has 2 rings (SSSR count). The summed E-state index contributed by atoms with van der Waals surface area (Å²) in [7, 11) is 2.20. The fourth-order valence-electron chi connectivity index (χ4n) is 2.15. The van der Waals surface area contributed by atoms with E-state index in [1.165, 1.54) is 44.7 Å². The van der Waals surface area contributed by atoms with Crippen molar-refractivity contribution < 1.29 is 0 Å². The number of piperazine rings is 1. The summed E-state index contributed by atoms with van der Waals surface area (Å²) < 4.78 is 0. The summed E-state index contributed by atoms with van der Waals surface area (Å²) in [6, 6.07) is 11.6. The summed E-state index contributed by atoms with van der Waals surface area (Å²) in [5, 5.41) is 0. The first-order valence-corrected chi connectivity index (χ1v) is 6.21. The molecule has 0 N–H and O–H groups in total. The van der Waals surface area contributed by atoms with E-state index in [0.717, 1.165) is 6.42 Å². The summed E-state index contributed by atoms with van der Waals surface area (Å²) >= 11 is 0. The molecule has 1 saturated heterocycles. The molecule has 16 heavy (non-hydrogen) atoms. The van der Waals surface area contributed by atoms with Crippen LogP contribution < -0.4 is 0 Å². The Morgan fingerprint density at radius 2 is 2.00 bits per heavy atom. The number of hydrogen-bond donors (Lipinski definition) is 0. The second-order valence-corrected chi connectivity index (χ2v) is 4.64. The Kier molecular flexibility index (Phi) is 4.37. The van der Waals surface area contributed by atoms with Gasteiger partial charge in [0, 0.05) is 26.2 Å². The molecule has 2 nitrogen and oxygen atoms in total. The van der Waals surface area contributed by atoms with Gasteiger partial charge in [-0.2, -0.15) is 0 Å². The van der Waals surface area contributed by atoms with Crippen molar-refractivity contribution in [2.45, 2.75) is 12.8 Å². The van der Waals surface area contributed by atoms with E-state index in [1.54, 1.807) is 0 Å². The Morgan fingerprint density at radius 1 is 1.19 bits per heavy atom. The maximum atomic E-state index is 3.29. The van der Waals surface area contributed by atoms with Crippen LogP contribution in [-0.2, 0) is 6.42 Å². The van der Waals surface area contributed by atoms with Crippen LogP contribution in [0.1, 0.15) is 12.0 Å². The third kappa shape index (κ3) is 3.62. The molecule has 1 heterocycles. The molecular weight excluding hydrogens is 196 g/mol. The first kappa shape index (κ1) is 11.6. The van der Waals surface area contributed by atoms with E-state index < -0.39 is 0 Å². The van der Waals surface area contributed by atoms with Gasteiger partial charge in [0.2, 0.25) is 0 Å². The van der Waals surface area contributed by atoms with Crippen LogP contribution in [0.15, 0.2) is 24.3 Å². The second kappa shape index (κ2) is 6.02. The van der Waals surface area contributed by atoms with Crippen LogP contribution in [0, 0.1) is 6.07 Å². The van der Waals surface area contributed by atoms with Gasteiger partial charge in [0.05, 0.1) is 0 Å². The Hall–Kier alpha value is -0.860. The van der Waals surface area contributed by atoms with Gasteiger partial charge in [-0.05, 0) is 38.1 Å². The largest absolute Gasteiger partial charge is 0.304 e. The predicted molar refractivity (Wildman–Crippen MR) is 67.5 cm³/mol. The number of nitrogens with zero attached hydrogens (tertiary/aromatic N) is 2. The topological polar surface area (TPSA) is 6.48 Å². The smallest absolute Gasteiger partial charge is 0.0110 e. The normalized spacial score (nSPS) is 18.8. The van der Waals surface area contributed by atoms with Crippen molar-refractivity contribution in [3.63, 3.8) is 0 Å². The van der Waals surface area contributed by atoms with E-state index in [2.05, 4.69) is 35.0 Å². The lowest BCUT2D eigenvalue weighted by molar-refractivity contribution is 0.153. The van der Waals surface area contributed by atoms with E-state index in [-0.39, 0.29) is 0 Å². The minimum atomic E-state index is 1.16. The molecule has 0 amide bonds. The van der Waals surface area contributed by atoms with Gasteiger partial charge in [0.25, 0.3) is 0 Å². The average Bonchev–Trinajstić information content (AvgIpc) is 2.33. The van der Waals surface area contributed by atoms with Crippen molar-refractivity contribution >= 4 is 0 Å². The van der Waals surface area contributed by atoms with Crippen LogP contribution in [-0.4, -0.2) is 49.6 Å². The van der Waals surface area contributed by atoms with E-state index in [4.69, 9.17) is 0 Å². The van der Waals surface area contributed by atoms with E-state index in [1.807, 2.05) is 12.1 Å². The number of rotatable bonds is 4. The molecular formula is C14H21N2. The zero-order valence-corrected chi connectivity index (χ0v) is 10.2. The molecule has 1 fully saturated rings. The van der Waals surface area contributed by atoms with Gasteiger partial charge < -0.3 is 9.80 Å². The molecule has 1 aromatic carbocycles. The lowest BCUT2D eigenvalue weighted by atomic mass is 10.1. The van der Waals surface area contributed by atoms with Crippen LogP contribution in [0.3, 0.4) is 0 Å². The number of benzene rings is 1. The van der Waals surface area contributed by atoms with Gasteiger partial charge in [-0.25, -0.2) is 0 Å². The zero-order chi connectivity index (χ0) is 11.2. The fourth-order valence-corrected chi connectivity index (χ4v) is 2.15. The van der Waals surface area contributed by atoms with Gasteiger partial charge in [-0.15, -0.1) is 0 Å². The minimum absolute atomic E-state index is 1.16. The molecule has 0 aromatic heterocycles. The molecule has 1 aliphatic rings. The third-order valence-electron chi connectivity index (χ3n) is 3.29. The standard InChI is InChI=1S/C14H21N2/c1-15-10-12-16(13-11-15)9-5-8-14-6-3-2-4-7-14/h2-4,6H,5,8-13H2,1H3. The highest BCUT2D eigenvalue weighted by Gasteiger charge is 2.12. The van der Waals surface area contributed by atoms with Crippen LogP contribution in [0.4, 0.5) is 0 Å². The van der Waals surface area contributed by atoms with Crippen molar-refractivity contribution in [3.05, 3.63) is 35.9 Å². The summed E-state index contributed by atoms with van der Waals surface area (Å²) in [5.41, 5.74) is 1.34. The molecule has 2 heteroatoms. The van der Waals surface area contributed by atoms with Crippen LogP contribution in [0.5, 0.6) is 0 Å². The van der Waals surface area contributed by atoms with Crippen molar-refractivity contribution in [2.75, 3.05) is 39.8 Å². The van der Waals surface area contributed by atoms with Gasteiger partial charge >= 0.3 is 0 Å². The van der Waals surface area contributed by atoms with Crippen molar-refractivity contribution in [3.8, 4) is 0 Å².